The first kappa shape index (κ1) is 12.6. The molecule has 2 heterocycles. The Labute approximate surface area is 110 Å². The molecule has 0 fully saturated rings. The molecule has 1 aliphatic heterocycles. The molecule has 0 aliphatic carbocycles. The molecule has 0 radical (unpaired) electrons. The molecule has 0 amide bonds. The third-order valence-electron chi connectivity index (χ3n) is 3.24. The first-order valence-electron chi connectivity index (χ1n) is 5.50. The number of hydrogen-bond donors (Lipinski definition) is 0. The fourth-order valence-corrected chi connectivity index (χ4v) is 2.40. The Hall–Kier alpha value is -1.86. The molecule has 18 heavy (non-hydrogen) atoms. The number of aryl methyl sites for hydroxylation is 1. The van der Waals surface area contributed by atoms with Crippen LogP contribution in [0.4, 0.5) is 4.39 Å². The molecule has 0 saturated carbocycles. The number of nitrogens with zero attached hydrogens (tertiary/aromatic N) is 3. The highest BCUT2D eigenvalue weighted by molar-refractivity contribution is 5.85. The summed E-state index contributed by atoms with van der Waals surface area (Å²) in [5, 5.41) is 8.71. The highest BCUT2D eigenvalue weighted by Crippen LogP contribution is 2.32. The van der Waals surface area contributed by atoms with Gasteiger partial charge in [-0.25, -0.2) is 9.37 Å². The summed E-state index contributed by atoms with van der Waals surface area (Å²) in [4.78, 5) is 4.07. The molecular formula is C13H11ClFN3. The molecule has 0 saturated heterocycles. The maximum atomic E-state index is 13.9. The Morgan fingerprint density at radius 2 is 2.28 bits per heavy atom. The first-order chi connectivity index (χ1) is 8.29. The summed E-state index contributed by atoms with van der Waals surface area (Å²) in [5.74, 6) is -0.310. The fourth-order valence-electron chi connectivity index (χ4n) is 2.40. The van der Waals surface area contributed by atoms with Crippen LogP contribution in [0.2, 0.25) is 0 Å². The second-order valence-corrected chi connectivity index (χ2v) is 4.19. The summed E-state index contributed by atoms with van der Waals surface area (Å²) in [6.07, 6.45) is 5.37. The average Bonchev–Trinajstić information content (AvgIpc) is 2.91. The molecule has 1 aliphatic rings. The summed E-state index contributed by atoms with van der Waals surface area (Å²) < 4.78 is 15.9. The molecule has 0 N–H and O–H groups in total. The Kier molecular flexibility index (Phi) is 3.35. The van der Waals surface area contributed by atoms with Gasteiger partial charge in [-0.3, -0.25) is 0 Å². The smallest absolute Gasteiger partial charge is 0.129 e. The van der Waals surface area contributed by atoms with Crippen molar-refractivity contribution in [3.63, 3.8) is 0 Å². The summed E-state index contributed by atoms with van der Waals surface area (Å²) in [5.41, 5.74) is 2.13. The first-order valence-corrected chi connectivity index (χ1v) is 5.50. The van der Waals surface area contributed by atoms with Crippen molar-refractivity contribution in [2.75, 3.05) is 0 Å². The number of benzene rings is 1. The molecule has 3 nitrogen and oxygen atoms in total. The van der Waals surface area contributed by atoms with Crippen molar-refractivity contribution >= 4 is 12.4 Å². The van der Waals surface area contributed by atoms with Gasteiger partial charge in [0, 0.05) is 17.5 Å². The lowest BCUT2D eigenvalue weighted by molar-refractivity contribution is 0.545. The van der Waals surface area contributed by atoms with Crippen molar-refractivity contribution in [2.45, 2.75) is 18.9 Å². The van der Waals surface area contributed by atoms with Crippen molar-refractivity contribution in [3.8, 4) is 6.07 Å². The van der Waals surface area contributed by atoms with Gasteiger partial charge in [0.2, 0.25) is 0 Å². The van der Waals surface area contributed by atoms with E-state index in [1.807, 2.05) is 16.8 Å². The van der Waals surface area contributed by atoms with Gasteiger partial charge in [0.05, 0.1) is 24.0 Å². The highest BCUT2D eigenvalue weighted by Gasteiger charge is 2.25. The molecule has 1 aromatic carbocycles. The number of hydrogen-bond acceptors (Lipinski definition) is 2. The molecule has 1 aromatic heterocycles. The predicted octanol–water partition coefficient (Wildman–Crippen LogP) is 2.85. The van der Waals surface area contributed by atoms with Gasteiger partial charge in [-0.2, -0.15) is 5.26 Å². The van der Waals surface area contributed by atoms with Gasteiger partial charge in [0.15, 0.2) is 0 Å². The minimum Gasteiger partial charge on any atom is -0.327 e. The second kappa shape index (κ2) is 4.79. The van der Waals surface area contributed by atoms with Gasteiger partial charge in [-0.05, 0) is 25.0 Å². The summed E-state index contributed by atoms with van der Waals surface area (Å²) in [6, 6.07) is 6.61. The number of fused-ring (bicyclic) bond motifs is 1. The van der Waals surface area contributed by atoms with Crippen molar-refractivity contribution in [3.05, 3.63) is 53.4 Å². The van der Waals surface area contributed by atoms with E-state index in [0.717, 1.165) is 18.5 Å². The van der Waals surface area contributed by atoms with E-state index in [1.54, 1.807) is 18.5 Å². The average molecular weight is 264 g/mol. The van der Waals surface area contributed by atoms with Crippen LogP contribution in [0.25, 0.3) is 0 Å². The molecule has 0 bridgehead atoms. The zero-order valence-electron chi connectivity index (χ0n) is 9.51. The van der Waals surface area contributed by atoms with Gasteiger partial charge in [-0.15, -0.1) is 12.4 Å². The van der Waals surface area contributed by atoms with Crippen LogP contribution in [0.15, 0.2) is 30.7 Å². The van der Waals surface area contributed by atoms with Crippen molar-refractivity contribution < 1.29 is 4.39 Å². The molecule has 92 valence electrons. The summed E-state index contributed by atoms with van der Waals surface area (Å²) >= 11 is 0. The Bertz CT molecular complexity index is 615. The zero-order chi connectivity index (χ0) is 11.8. The largest absolute Gasteiger partial charge is 0.327 e. The lowest BCUT2D eigenvalue weighted by atomic mass is 10.0. The van der Waals surface area contributed by atoms with Gasteiger partial charge in [0.25, 0.3) is 0 Å². The third kappa shape index (κ3) is 1.87. The van der Waals surface area contributed by atoms with E-state index >= 15 is 0 Å². The number of halogens is 2. The Morgan fingerprint density at radius 1 is 1.44 bits per heavy atom. The monoisotopic (exact) mass is 263 g/mol. The maximum absolute atomic E-state index is 13.9. The Morgan fingerprint density at radius 3 is 3.00 bits per heavy atom. The number of nitriles is 1. The minimum absolute atomic E-state index is 0. The van der Waals surface area contributed by atoms with Crippen LogP contribution in [0.5, 0.6) is 0 Å². The number of aromatic nitrogens is 2. The highest BCUT2D eigenvalue weighted by atomic mass is 35.5. The summed E-state index contributed by atoms with van der Waals surface area (Å²) in [7, 11) is 0. The van der Waals surface area contributed by atoms with Crippen LogP contribution in [0, 0.1) is 17.1 Å². The van der Waals surface area contributed by atoms with Crippen LogP contribution in [-0.2, 0) is 6.42 Å². The van der Waals surface area contributed by atoms with Gasteiger partial charge in [0.1, 0.15) is 5.82 Å². The van der Waals surface area contributed by atoms with E-state index in [0.29, 0.717) is 11.1 Å². The molecule has 1 atom stereocenters. The number of imidazole rings is 1. The molecule has 5 heteroatoms. The minimum atomic E-state index is -0.310. The normalized spacial score (nSPS) is 16.8. The number of rotatable bonds is 1. The van der Waals surface area contributed by atoms with Crippen LogP contribution in [0.3, 0.4) is 0 Å². The fraction of sp³-hybridized carbons (Fsp3) is 0.231. The van der Waals surface area contributed by atoms with E-state index in [1.165, 1.54) is 6.07 Å². The zero-order valence-corrected chi connectivity index (χ0v) is 10.3. The van der Waals surface area contributed by atoms with Crippen molar-refractivity contribution in [1.29, 1.82) is 5.26 Å². The van der Waals surface area contributed by atoms with E-state index < -0.39 is 0 Å². The van der Waals surface area contributed by atoms with E-state index in [2.05, 4.69) is 4.98 Å². The van der Waals surface area contributed by atoms with Crippen molar-refractivity contribution in [1.82, 2.24) is 9.55 Å². The SMILES string of the molecule is Cl.N#Cc1ccc(C2CCc3cncn32)c(F)c1. The molecule has 2 aromatic rings. The lowest BCUT2D eigenvalue weighted by Crippen LogP contribution is -2.06. The van der Waals surface area contributed by atoms with Crippen LogP contribution >= 0.6 is 12.4 Å². The Balaban J connectivity index is 0.00000120. The maximum Gasteiger partial charge on any atom is 0.129 e. The van der Waals surface area contributed by atoms with Crippen molar-refractivity contribution in [2.24, 2.45) is 0 Å². The molecule has 1 unspecified atom stereocenters. The predicted molar refractivity (Wildman–Crippen MR) is 67.1 cm³/mol. The van der Waals surface area contributed by atoms with E-state index in [4.69, 9.17) is 5.26 Å². The van der Waals surface area contributed by atoms with E-state index in [-0.39, 0.29) is 24.3 Å². The quantitative estimate of drug-likeness (QED) is 0.794. The lowest BCUT2D eigenvalue weighted by Gasteiger charge is -2.14. The van der Waals surface area contributed by atoms with E-state index in [9.17, 15) is 4.39 Å². The third-order valence-corrected chi connectivity index (χ3v) is 3.24. The molecular weight excluding hydrogens is 253 g/mol. The summed E-state index contributed by atoms with van der Waals surface area (Å²) in [6.45, 7) is 0. The standard InChI is InChI=1S/C13H10FN3.ClH/c14-12-5-9(6-15)1-3-11(12)13-4-2-10-7-16-8-17(10)13;/h1,3,5,7-8,13H,2,4H2;1H. The van der Waals surface area contributed by atoms with Crippen LogP contribution in [-0.4, -0.2) is 9.55 Å². The van der Waals surface area contributed by atoms with Gasteiger partial charge < -0.3 is 4.57 Å². The molecule has 3 rings (SSSR count). The van der Waals surface area contributed by atoms with Crippen LogP contribution < -0.4 is 0 Å². The van der Waals surface area contributed by atoms with Gasteiger partial charge >= 0.3 is 0 Å². The van der Waals surface area contributed by atoms with Crippen LogP contribution in [0.1, 0.15) is 29.3 Å². The topological polar surface area (TPSA) is 41.6 Å². The van der Waals surface area contributed by atoms with Gasteiger partial charge in [-0.1, -0.05) is 6.07 Å². The molecule has 0 spiro atoms. The second-order valence-electron chi connectivity index (χ2n) is 4.19.